The molecule has 1 N–H and O–H groups in total. The number of rotatable bonds is 8. The van der Waals surface area contributed by atoms with Crippen molar-refractivity contribution in [1.82, 2.24) is 10.2 Å². The molecule has 172 valence electrons. The Morgan fingerprint density at radius 1 is 0.968 bits per heavy atom. The van der Waals surface area contributed by atoms with E-state index in [1.54, 1.807) is 14.2 Å². The minimum Gasteiger partial charge on any atom is -0.368 e. The van der Waals surface area contributed by atoms with Crippen LogP contribution in [-0.4, -0.2) is 57.9 Å². The highest BCUT2D eigenvalue weighted by atomic mass is 35.5. The molecule has 5 nitrogen and oxygen atoms in total. The third-order valence-corrected chi connectivity index (χ3v) is 5.84. The van der Waals surface area contributed by atoms with Gasteiger partial charge in [-0.25, -0.2) is 0 Å². The highest BCUT2D eigenvalue weighted by Gasteiger charge is 2.40. The van der Waals surface area contributed by atoms with Crippen LogP contribution in [0.4, 0.5) is 0 Å². The van der Waals surface area contributed by atoms with E-state index in [1.165, 1.54) is 11.1 Å². The number of ether oxygens (including phenoxy) is 2. The maximum absolute atomic E-state index is 5.41. The quantitative estimate of drug-likeness (QED) is 0.357. The van der Waals surface area contributed by atoms with Crippen molar-refractivity contribution in [2.75, 3.05) is 40.9 Å². The molecule has 0 saturated carbocycles. The lowest BCUT2D eigenvalue weighted by molar-refractivity contribution is -0.0967. The van der Waals surface area contributed by atoms with Gasteiger partial charge >= 0.3 is 0 Å². The van der Waals surface area contributed by atoms with Crippen molar-refractivity contribution < 1.29 is 9.47 Å². The average Bonchev–Trinajstić information content (AvgIpc) is 2.78. The van der Waals surface area contributed by atoms with Gasteiger partial charge in [0.2, 0.25) is 0 Å². The van der Waals surface area contributed by atoms with E-state index in [9.17, 15) is 0 Å². The van der Waals surface area contributed by atoms with Crippen molar-refractivity contribution in [3.63, 3.8) is 0 Å². The van der Waals surface area contributed by atoms with Gasteiger partial charge in [-0.2, -0.15) is 0 Å². The van der Waals surface area contributed by atoms with E-state index >= 15 is 0 Å². The number of hydrogen-bond acceptors (Lipinski definition) is 4. The van der Waals surface area contributed by atoms with Crippen LogP contribution in [0, 0.1) is 0 Å². The summed E-state index contributed by atoms with van der Waals surface area (Å²) < 4.78 is 10.8. The molecule has 0 radical (unpaired) electrons. The van der Waals surface area contributed by atoms with Crippen LogP contribution < -0.4 is 5.32 Å². The molecule has 31 heavy (non-hydrogen) atoms. The van der Waals surface area contributed by atoms with Gasteiger partial charge in [0.25, 0.3) is 0 Å². The van der Waals surface area contributed by atoms with Gasteiger partial charge in [-0.1, -0.05) is 60.7 Å². The summed E-state index contributed by atoms with van der Waals surface area (Å²) in [7, 11) is 5.52. The van der Waals surface area contributed by atoms with Crippen LogP contribution in [-0.2, 0) is 21.4 Å². The number of methoxy groups -OCH3 is 2. The Morgan fingerprint density at radius 3 is 2.06 bits per heavy atom. The van der Waals surface area contributed by atoms with E-state index in [2.05, 4.69) is 71.9 Å². The first-order chi connectivity index (χ1) is 14.2. The van der Waals surface area contributed by atoms with E-state index in [-0.39, 0.29) is 36.5 Å². The lowest BCUT2D eigenvalue weighted by Gasteiger charge is -2.42. The SMILES string of the molecule is COC(CN/C(=N\Cc1ccccc1)C1(c2ccccc2)CCN(C)CC1)OC.Cl.Cl. The Bertz CT molecular complexity index is 763. The van der Waals surface area contributed by atoms with Crippen molar-refractivity contribution in [2.24, 2.45) is 4.99 Å². The molecular weight excluding hydrogens is 433 g/mol. The molecule has 0 amide bonds. The Morgan fingerprint density at radius 2 is 1.52 bits per heavy atom. The maximum atomic E-state index is 5.41. The second-order valence-electron chi connectivity index (χ2n) is 7.68. The summed E-state index contributed by atoms with van der Waals surface area (Å²) in [5.41, 5.74) is 2.39. The Hall–Kier alpha value is -1.63. The van der Waals surface area contributed by atoms with E-state index < -0.39 is 0 Å². The Balaban J connectivity index is 0.00000240. The van der Waals surface area contributed by atoms with Crippen molar-refractivity contribution in [3.05, 3.63) is 71.8 Å². The number of likely N-dealkylation sites (tertiary alicyclic amines) is 1. The molecule has 0 spiro atoms. The van der Waals surface area contributed by atoms with Gasteiger partial charge in [-0.15, -0.1) is 24.8 Å². The molecule has 3 rings (SSSR count). The van der Waals surface area contributed by atoms with Crippen LogP contribution in [0.3, 0.4) is 0 Å². The topological polar surface area (TPSA) is 46.1 Å². The third-order valence-electron chi connectivity index (χ3n) is 5.84. The zero-order valence-corrected chi connectivity index (χ0v) is 20.3. The molecule has 7 heteroatoms. The number of aliphatic imine (C=N–C) groups is 1. The molecule has 1 saturated heterocycles. The third kappa shape index (κ3) is 7.19. The Kier molecular flexibility index (Phi) is 12.1. The van der Waals surface area contributed by atoms with Crippen molar-refractivity contribution >= 4 is 30.6 Å². The molecular formula is C24H35Cl2N3O2. The molecule has 0 aliphatic carbocycles. The van der Waals surface area contributed by atoms with Gasteiger partial charge in [0, 0.05) is 14.2 Å². The first-order valence-electron chi connectivity index (χ1n) is 10.3. The average molecular weight is 468 g/mol. The molecule has 0 bridgehead atoms. The standard InChI is InChI=1S/C24H33N3O2.2ClH/c1-27-16-14-24(15-17-27,21-12-8-5-9-13-21)23(26-19-22(28-2)29-3)25-18-20-10-6-4-7-11-20;;/h4-13,22H,14-19H2,1-3H3,(H,25,26);2*1H. The van der Waals surface area contributed by atoms with Gasteiger partial charge < -0.3 is 19.7 Å². The monoisotopic (exact) mass is 467 g/mol. The number of amidine groups is 1. The zero-order chi connectivity index (χ0) is 20.5. The molecule has 1 heterocycles. The Labute approximate surface area is 199 Å². The highest BCUT2D eigenvalue weighted by Crippen LogP contribution is 2.36. The summed E-state index contributed by atoms with van der Waals surface area (Å²) in [6.07, 6.45) is 1.74. The van der Waals surface area contributed by atoms with Gasteiger partial charge in [0.05, 0.1) is 18.5 Å². The van der Waals surface area contributed by atoms with E-state index in [4.69, 9.17) is 14.5 Å². The van der Waals surface area contributed by atoms with Crippen LogP contribution in [0.25, 0.3) is 0 Å². The predicted octanol–water partition coefficient (Wildman–Crippen LogP) is 4.30. The lowest BCUT2D eigenvalue weighted by atomic mass is 9.71. The number of piperidine rings is 1. The molecule has 1 aliphatic rings. The summed E-state index contributed by atoms with van der Waals surface area (Å²) in [6.45, 7) is 3.29. The summed E-state index contributed by atoms with van der Waals surface area (Å²) in [6, 6.07) is 21.2. The van der Waals surface area contributed by atoms with Crippen LogP contribution in [0.1, 0.15) is 24.0 Å². The van der Waals surface area contributed by atoms with Gasteiger partial charge in [0.15, 0.2) is 6.29 Å². The largest absolute Gasteiger partial charge is 0.368 e. The first-order valence-corrected chi connectivity index (χ1v) is 10.3. The van der Waals surface area contributed by atoms with E-state index in [0.717, 1.165) is 31.8 Å². The second-order valence-corrected chi connectivity index (χ2v) is 7.68. The summed E-state index contributed by atoms with van der Waals surface area (Å²) in [4.78, 5) is 7.50. The lowest BCUT2D eigenvalue weighted by Crippen LogP contribution is -2.52. The first kappa shape index (κ1) is 27.4. The molecule has 1 aliphatic heterocycles. The van der Waals surface area contributed by atoms with Gasteiger partial charge in [-0.05, 0) is 44.1 Å². The fraction of sp³-hybridized carbons (Fsp3) is 0.458. The molecule has 1 fully saturated rings. The van der Waals surface area contributed by atoms with Crippen LogP contribution in [0.5, 0.6) is 0 Å². The summed E-state index contributed by atoms with van der Waals surface area (Å²) in [5, 5.41) is 3.60. The number of nitrogens with one attached hydrogen (secondary N) is 1. The highest BCUT2D eigenvalue weighted by molar-refractivity contribution is 5.93. The van der Waals surface area contributed by atoms with Gasteiger partial charge in [-0.3, -0.25) is 4.99 Å². The van der Waals surface area contributed by atoms with E-state index in [1.807, 2.05) is 6.07 Å². The van der Waals surface area contributed by atoms with Crippen molar-refractivity contribution in [2.45, 2.75) is 31.1 Å². The van der Waals surface area contributed by atoms with Crippen molar-refractivity contribution in [1.29, 1.82) is 0 Å². The van der Waals surface area contributed by atoms with Crippen LogP contribution in [0.2, 0.25) is 0 Å². The van der Waals surface area contributed by atoms with Crippen LogP contribution >= 0.6 is 24.8 Å². The fourth-order valence-corrected chi connectivity index (χ4v) is 3.99. The fourth-order valence-electron chi connectivity index (χ4n) is 3.99. The van der Waals surface area contributed by atoms with Crippen molar-refractivity contribution in [3.8, 4) is 0 Å². The maximum Gasteiger partial charge on any atom is 0.173 e. The van der Waals surface area contributed by atoms with E-state index in [0.29, 0.717) is 13.1 Å². The minimum absolute atomic E-state index is 0. The summed E-state index contributed by atoms with van der Waals surface area (Å²) >= 11 is 0. The molecule has 0 atom stereocenters. The molecule has 0 aromatic heterocycles. The van der Waals surface area contributed by atoms with Crippen LogP contribution in [0.15, 0.2) is 65.7 Å². The number of hydrogen-bond donors (Lipinski definition) is 1. The smallest absolute Gasteiger partial charge is 0.173 e. The number of halogens is 2. The number of benzene rings is 2. The summed E-state index contributed by atoms with van der Waals surface area (Å²) in [5.74, 6) is 1.03. The minimum atomic E-state index is -0.309. The molecule has 0 unspecified atom stereocenters. The predicted molar refractivity (Wildman–Crippen MR) is 133 cm³/mol. The number of nitrogens with zero attached hydrogens (tertiary/aromatic N) is 2. The normalized spacial score (nSPS) is 16.3. The molecule has 2 aromatic carbocycles. The zero-order valence-electron chi connectivity index (χ0n) is 18.6. The second kappa shape index (κ2) is 13.7. The molecule has 2 aromatic rings. The van der Waals surface area contributed by atoms with Gasteiger partial charge in [0.1, 0.15) is 5.84 Å².